The third-order valence-electron chi connectivity index (χ3n) is 4.75. The fourth-order valence-electron chi connectivity index (χ4n) is 3.81. The number of rotatable bonds is 3. The molecule has 2 aliphatic carbocycles. The Balaban J connectivity index is 1.74. The van der Waals surface area contributed by atoms with Crippen molar-refractivity contribution in [1.82, 2.24) is 0 Å². The van der Waals surface area contributed by atoms with Crippen LogP contribution >= 0.6 is 27.7 Å². The molecule has 0 bridgehead atoms. The maximum Gasteiger partial charge on any atom is 0.320 e. The minimum absolute atomic E-state index is 0.332. The van der Waals surface area contributed by atoms with E-state index in [4.69, 9.17) is 0 Å². The highest BCUT2D eigenvalue weighted by atomic mass is 79.9. The molecule has 1 aromatic carbocycles. The van der Waals surface area contributed by atoms with Gasteiger partial charge in [-0.2, -0.15) is 0 Å². The van der Waals surface area contributed by atoms with Gasteiger partial charge in [0.05, 0.1) is 0 Å². The molecule has 3 rings (SSSR count). The highest BCUT2D eigenvalue weighted by Crippen LogP contribution is 2.63. The van der Waals surface area contributed by atoms with Crippen molar-refractivity contribution in [2.75, 3.05) is 0 Å². The van der Waals surface area contributed by atoms with Crippen molar-refractivity contribution in [3.05, 3.63) is 28.7 Å². The van der Waals surface area contributed by atoms with Crippen LogP contribution in [0.3, 0.4) is 0 Å². The second-order valence-corrected chi connectivity index (χ2v) is 8.64. The summed E-state index contributed by atoms with van der Waals surface area (Å²) in [7, 11) is 0. The lowest BCUT2D eigenvalue weighted by molar-refractivity contribution is -0.147. The predicted octanol–water partition coefficient (Wildman–Crippen LogP) is 5.11. The normalized spacial score (nSPS) is 23.2. The van der Waals surface area contributed by atoms with E-state index < -0.39 is 10.7 Å². The van der Waals surface area contributed by atoms with Gasteiger partial charge in [0.15, 0.2) is 0 Å². The van der Waals surface area contributed by atoms with Crippen LogP contribution in [0.25, 0.3) is 0 Å². The molecule has 1 N–H and O–H groups in total. The molecule has 1 spiro atoms. The van der Waals surface area contributed by atoms with Crippen molar-refractivity contribution < 1.29 is 9.90 Å². The number of thioether (sulfide) groups is 1. The molecule has 0 aliphatic heterocycles. The fourth-order valence-corrected chi connectivity index (χ4v) is 5.64. The van der Waals surface area contributed by atoms with E-state index in [-0.39, 0.29) is 0 Å². The molecule has 108 valence electrons. The topological polar surface area (TPSA) is 37.3 Å². The Morgan fingerprint density at radius 3 is 2.25 bits per heavy atom. The summed E-state index contributed by atoms with van der Waals surface area (Å²) in [5.41, 5.74) is 0.332. The number of hydrogen-bond donors (Lipinski definition) is 1. The van der Waals surface area contributed by atoms with Crippen molar-refractivity contribution in [3.63, 3.8) is 0 Å². The van der Waals surface area contributed by atoms with E-state index in [1.807, 2.05) is 24.3 Å². The van der Waals surface area contributed by atoms with Gasteiger partial charge in [0.2, 0.25) is 0 Å². The van der Waals surface area contributed by atoms with Gasteiger partial charge in [-0.15, -0.1) is 11.8 Å². The Hall–Kier alpha value is -0.480. The molecule has 0 unspecified atom stereocenters. The van der Waals surface area contributed by atoms with Gasteiger partial charge >= 0.3 is 5.97 Å². The van der Waals surface area contributed by atoms with Crippen molar-refractivity contribution >= 4 is 33.7 Å². The Labute approximate surface area is 132 Å². The zero-order valence-electron chi connectivity index (χ0n) is 11.4. The minimum atomic E-state index is -0.637. The lowest BCUT2D eigenvalue weighted by Crippen LogP contribution is -2.55. The Kier molecular flexibility index (Phi) is 3.89. The molecule has 0 saturated heterocycles. The molecule has 2 saturated carbocycles. The van der Waals surface area contributed by atoms with Crippen molar-refractivity contribution in [2.24, 2.45) is 5.41 Å². The molecule has 2 nitrogen and oxygen atoms in total. The van der Waals surface area contributed by atoms with E-state index >= 15 is 0 Å². The summed E-state index contributed by atoms with van der Waals surface area (Å²) in [6.07, 6.45) is 8.01. The fraction of sp³-hybridized carbons (Fsp3) is 0.562. The summed E-state index contributed by atoms with van der Waals surface area (Å²) in [6, 6.07) is 7.97. The summed E-state index contributed by atoms with van der Waals surface area (Å²) in [4.78, 5) is 12.8. The highest BCUT2D eigenvalue weighted by Gasteiger charge is 2.59. The Morgan fingerprint density at radius 1 is 1.10 bits per heavy atom. The van der Waals surface area contributed by atoms with Gasteiger partial charge in [-0.05, 0) is 55.4 Å². The molecule has 20 heavy (non-hydrogen) atoms. The molecule has 1 aromatic rings. The van der Waals surface area contributed by atoms with Crippen LogP contribution in [0.5, 0.6) is 0 Å². The molecule has 0 atom stereocenters. The summed E-state index contributed by atoms with van der Waals surface area (Å²) < 4.78 is 0.439. The largest absolute Gasteiger partial charge is 0.480 e. The molecule has 0 amide bonds. The standard InChI is InChI=1S/C16H19BrO2S/c17-12-4-6-13(7-5-12)20-16(14(18)19)10-15(11-16)8-2-1-3-9-15/h4-7H,1-3,8-11H2,(H,18,19). The van der Waals surface area contributed by atoms with Gasteiger partial charge in [-0.3, -0.25) is 4.79 Å². The van der Waals surface area contributed by atoms with Crippen LogP contribution in [0.2, 0.25) is 0 Å². The summed E-state index contributed by atoms with van der Waals surface area (Å²) in [5, 5.41) is 9.68. The first-order chi connectivity index (χ1) is 9.54. The lowest BCUT2D eigenvalue weighted by atomic mass is 9.55. The first kappa shape index (κ1) is 14.5. The molecule has 2 aliphatic rings. The van der Waals surface area contributed by atoms with Crippen LogP contribution in [-0.4, -0.2) is 15.8 Å². The molecule has 2 fully saturated rings. The molecule has 0 aromatic heterocycles. The molecule has 4 heteroatoms. The predicted molar refractivity (Wildman–Crippen MR) is 85.1 cm³/mol. The van der Waals surface area contributed by atoms with Crippen LogP contribution in [0.15, 0.2) is 33.6 Å². The summed E-state index contributed by atoms with van der Waals surface area (Å²) in [5.74, 6) is -0.637. The third kappa shape index (κ3) is 2.64. The average Bonchev–Trinajstić information content (AvgIpc) is 2.40. The van der Waals surface area contributed by atoms with E-state index in [0.717, 1.165) is 22.2 Å². The number of carboxylic acid groups (broad SMARTS) is 1. The van der Waals surface area contributed by atoms with Crippen LogP contribution < -0.4 is 0 Å². The molecular formula is C16H19BrO2S. The quantitative estimate of drug-likeness (QED) is 0.819. The first-order valence-electron chi connectivity index (χ1n) is 7.22. The van der Waals surface area contributed by atoms with E-state index in [9.17, 15) is 9.90 Å². The van der Waals surface area contributed by atoms with Crippen LogP contribution in [-0.2, 0) is 4.79 Å². The van der Waals surface area contributed by atoms with Gasteiger partial charge in [-0.25, -0.2) is 0 Å². The van der Waals surface area contributed by atoms with E-state index in [1.165, 1.54) is 32.1 Å². The highest BCUT2D eigenvalue weighted by molar-refractivity contribution is 9.10. The second kappa shape index (κ2) is 5.38. The number of benzene rings is 1. The number of aliphatic carboxylic acids is 1. The van der Waals surface area contributed by atoms with Gasteiger partial charge in [0.1, 0.15) is 4.75 Å². The van der Waals surface area contributed by atoms with Crippen LogP contribution in [0.1, 0.15) is 44.9 Å². The van der Waals surface area contributed by atoms with E-state index in [2.05, 4.69) is 15.9 Å². The zero-order chi connectivity index (χ0) is 14.2. The maximum absolute atomic E-state index is 11.8. The number of carboxylic acids is 1. The maximum atomic E-state index is 11.8. The molecular weight excluding hydrogens is 336 g/mol. The van der Waals surface area contributed by atoms with E-state index in [0.29, 0.717) is 5.41 Å². The zero-order valence-corrected chi connectivity index (χ0v) is 13.8. The summed E-state index contributed by atoms with van der Waals surface area (Å²) >= 11 is 4.96. The van der Waals surface area contributed by atoms with Gasteiger partial charge < -0.3 is 5.11 Å². The molecule has 0 heterocycles. The van der Waals surface area contributed by atoms with Crippen molar-refractivity contribution in [1.29, 1.82) is 0 Å². The van der Waals surface area contributed by atoms with E-state index in [1.54, 1.807) is 11.8 Å². The number of hydrogen-bond acceptors (Lipinski definition) is 2. The number of halogens is 1. The average molecular weight is 355 g/mol. The Morgan fingerprint density at radius 2 is 1.70 bits per heavy atom. The summed E-state index contributed by atoms with van der Waals surface area (Å²) in [6.45, 7) is 0. The van der Waals surface area contributed by atoms with Crippen LogP contribution in [0, 0.1) is 5.41 Å². The molecule has 0 radical (unpaired) electrons. The van der Waals surface area contributed by atoms with Crippen molar-refractivity contribution in [3.8, 4) is 0 Å². The third-order valence-corrected chi connectivity index (χ3v) is 6.64. The smallest absolute Gasteiger partial charge is 0.320 e. The minimum Gasteiger partial charge on any atom is -0.480 e. The van der Waals surface area contributed by atoms with Gasteiger partial charge in [-0.1, -0.05) is 35.2 Å². The Bertz CT molecular complexity index is 498. The lowest BCUT2D eigenvalue weighted by Gasteiger charge is -2.55. The number of carbonyl (C=O) groups is 1. The SMILES string of the molecule is O=C(O)C1(Sc2ccc(Br)cc2)CC2(CCCCC2)C1. The van der Waals surface area contributed by atoms with Gasteiger partial charge in [0, 0.05) is 9.37 Å². The monoisotopic (exact) mass is 354 g/mol. The second-order valence-electron chi connectivity index (χ2n) is 6.27. The van der Waals surface area contributed by atoms with Gasteiger partial charge in [0.25, 0.3) is 0 Å². The van der Waals surface area contributed by atoms with Crippen molar-refractivity contribution in [2.45, 2.75) is 54.6 Å². The first-order valence-corrected chi connectivity index (χ1v) is 8.83. The van der Waals surface area contributed by atoms with Crippen LogP contribution in [0.4, 0.5) is 0 Å².